The van der Waals surface area contributed by atoms with Gasteiger partial charge in [0.25, 0.3) is 6.29 Å². The van der Waals surface area contributed by atoms with E-state index in [-0.39, 0.29) is 5.97 Å². The molecule has 14 heavy (non-hydrogen) atoms. The molecule has 1 aliphatic heterocycles. The average Bonchev–Trinajstić information content (AvgIpc) is 2.69. The van der Waals surface area contributed by atoms with Crippen molar-refractivity contribution in [2.75, 3.05) is 0 Å². The van der Waals surface area contributed by atoms with Crippen LogP contribution in [-0.2, 0) is 14.4 Å². The van der Waals surface area contributed by atoms with Crippen molar-refractivity contribution >= 4 is 23.0 Å². The van der Waals surface area contributed by atoms with Gasteiger partial charge in [0.05, 0.1) is 12.1 Å². The van der Waals surface area contributed by atoms with Gasteiger partial charge in [-0.1, -0.05) is 5.16 Å². The van der Waals surface area contributed by atoms with Crippen LogP contribution in [-0.4, -0.2) is 18.0 Å². The van der Waals surface area contributed by atoms with Crippen LogP contribution in [0.3, 0.4) is 0 Å². The van der Waals surface area contributed by atoms with E-state index in [1.165, 1.54) is 6.92 Å². The lowest BCUT2D eigenvalue weighted by molar-refractivity contribution is -0.170. The lowest BCUT2D eigenvalue weighted by Crippen LogP contribution is -2.15. The van der Waals surface area contributed by atoms with Gasteiger partial charge in [-0.05, 0) is 16.8 Å². The number of thiophene rings is 1. The predicted octanol–water partition coefficient (Wildman–Crippen LogP) is 1.76. The van der Waals surface area contributed by atoms with Crippen molar-refractivity contribution in [2.45, 2.75) is 19.6 Å². The van der Waals surface area contributed by atoms with Crippen LogP contribution in [0.25, 0.3) is 0 Å². The number of rotatable bonds is 2. The summed E-state index contributed by atoms with van der Waals surface area (Å²) < 4.78 is 4.87. The van der Waals surface area contributed by atoms with E-state index in [0.29, 0.717) is 6.42 Å². The molecule has 0 spiro atoms. The highest BCUT2D eigenvalue weighted by atomic mass is 32.1. The first-order valence-electron chi connectivity index (χ1n) is 4.18. The molecule has 0 bridgehead atoms. The lowest BCUT2D eigenvalue weighted by Gasteiger charge is -2.06. The van der Waals surface area contributed by atoms with E-state index in [9.17, 15) is 4.79 Å². The highest BCUT2D eigenvalue weighted by molar-refractivity contribution is 7.08. The third-order valence-corrected chi connectivity index (χ3v) is 2.48. The zero-order chi connectivity index (χ0) is 9.97. The number of carbonyl (C=O) groups excluding carboxylic acids is 1. The van der Waals surface area contributed by atoms with Crippen molar-refractivity contribution in [3.8, 4) is 0 Å². The smallest absolute Gasteiger partial charge is 0.305 e. The van der Waals surface area contributed by atoms with Gasteiger partial charge in [0.2, 0.25) is 0 Å². The summed E-state index contributed by atoms with van der Waals surface area (Å²) >= 11 is 1.60. The van der Waals surface area contributed by atoms with Crippen molar-refractivity contribution in [1.29, 1.82) is 0 Å². The standard InChI is InChI=1S/C9H9NO3S/c1-6(11)12-9-4-8(10-13-9)7-2-3-14-5-7/h2-3,5,9H,4H2,1H3. The van der Waals surface area contributed by atoms with Gasteiger partial charge < -0.3 is 9.57 Å². The maximum atomic E-state index is 10.6. The molecule has 0 saturated carbocycles. The topological polar surface area (TPSA) is 47.9 Å². The van der Waals surface area contributed by atoms with Crippen molar-refractivity contribution in [3.63, 3.8) is 0 Å². The van der Waals surface area contributed by atoms with Crippen LogP contribution in [0.1, 0.15) is 18.9 Å². The highest BCUT2D eigenvalue weighted by Crippen LogP contribution is 2.19. The Kier molecular flexibility index (Phi) is 2.49. The van der Waals surface area contributed by atoms with Crippen molar-refractivity contribution in [3.05, 3.63) is 22.4 Å². The molecule has 0 N–H and O–H groups in total. The van der Waals surface area contributed by atoms with E-state index < -0.39 is 6.29 Å². The molecule has 2 rings (SSSR count). The summed E-state index contributed by atoms with van der Waals surface area (Å²) in [6.45, 7) is 1.35. The fourth-order valence-electron chi connectivity index (χ4n) is 1.20. The van der Waals surface area contributed by atoms with Gasteiger partial charge in [-0.25, -0.2) is 0 Å². The number of ether oxygens (including phenoxy) is 1. The first-order valence-corrected chi connectivity index (χ1v) is 5.12. The molecule has 1 aromatic heterocycles. The maximum Gasteiger partial charge on any atom is 0.305 e. The zero-order valence-electron chi connectivity index (χ0n) is 7.60. The Labute approximate surface area is 85.1 Å². The Morgan fingerprint density at radius 1 is 1.79 bits per heavy atom. The Hall–Kier alpha value is -1.36. The third kappa shape index (κ3) is 1.93. The molecule has 0 aliphatic carbocycles. The molecule has 0 amide bonds. The summed E-state index contributed by atoms with van der Waals surface area (Å²) in [7, 11) is 0. The Bertz CT molecular complexity index is 358. The number of carbonyl (C=O) groups is 1. The number of nitrogens with zero attached hydrogens (tertiary/aromatic N) is 1. The van der Waals surface area contributed by atoms with Gasteiger partial charge in [-0.3, -0.25) is 4.79 Å². The van der Waals surface area contributed by atoms with Crippen LogP contribution >= 0.6 is 11.3 Å². The maximum absolute atomic E-state index is 10.6. The molecule has 74 valence electrons. The quantitative estimate of drug-likeness (QED) is 0.700. The van der Waals surface area contributed by atoms with Gasteiger partial charge in [-0.2, -0.15) is 11.3 Å². The minimum absolute atomic E-state index is 0.350. The van der Waals surface area contributed by atoms with Crippen LogP contribution in [0.4, 0.5) is 0 Å². The fourth-order valence-corrected chi connectivity index (χ4v) is 1.87. The summed E-state index contributed by atoms with van der Waals surface area (Å²) in [5.74, 6) is -0.350. The number of esters is 1. The number of hydrogen-bond donors (Lipinski definition) is 0. The van der Waals surface area contributed by atoms with Gasteiger partial charge in [0.15, 0.2) is 0 Å². The molecular weight excluding hydrogens is 202 g/mol. The summed E-state index contributed by atoms with van der Waals surface area (Å²) in [6.07, 6.45) is -0.0292. The SMILES string of the molecule is CC(=O)OC1CC(c2ccsc2)=NO1. The minimum atomic E-state index is -0.553. The molecule has 4 nitrogen and oxygen atoms in total. The molecule has 1 aromatic rings. The Morgan fingerprint density at radius 2 is 2.64 bits per heavy atom. The summed E-state index contributed by atoms with van der Waals surface area (Å²) in [5, 5.41) is 7.81. The second-order valence-corrected chi connectivity index (χ2v) is 3.68. The molecule has 0 saturated heterocycles. The average molecular weight is 211 g/mol. The summed E-state index contributed by atoms with van der Waals surface area (Å²) in [5.41, 5.74) is 1.86. The van der Waals surface area contributed by atoms with Crippen molar-refractivity contribution in [2.24, 2.45) is 5.16 Å². The first-order chi connectivity index (χ1) is 6.75. The molecule has 2 heterocycles. The normalized spacial score (nSPS) is 20.1. The van der Waals surface area contributed by atoms with Gasteiger partial charge >= 0.3 is 5.97 Å². The van der Waals surface area contributed by atoms with Crippen molar-refractivity contribution < 1.29 is 14.4 Å². The van der Waals surface area contributed by atoms with Crippen LogP contribution < -0.4 is 0 Å². The lowest BCUT2D eigenvalue weighted by atomic mass is 10.1. The van der Waals surface area contributed by atoms with E-state index in [0.717, 1.165) is 11.3 Å². The molecule has 0 aromatic carbocycles. The third-order valence-electron chi connectivity index (χ3n) is 1.79. The van der Waals surface area contributed by atoms with E-state index >= 15 is 0 Å². The van der Waals surface area contributed by atoms with Gasteiger partial charge in [-0.15, -0.1) is 0 Å². The fraction of sp³-hybridized carbons (Fsp3) is 0.333. The van der Waals surface area contributed by atoms with Crippen LogP contribution in [0.15, 0.2) is 22.0 Å². The molecule has 0 fully saturated rings. The highest BCUT2D eigenvalue weighted by Gasteiger charge is 2.24. The summed E-state index contributed by atoms with van der Waals surface area (Å²) in [6, 6.07) is 1.96. The van der Waals surface area contributed by atoms with E-state index in [1.807, 2.05) is 16.8 Å². The molecule has 0 radical (unpaired) electrons. The molecule has 1 unspecified atom stereocenters. The first kappa shape index (κ1) is 9.21. The van der Waals surface area contributed by atoms with E-state index in [4.69, 9.17) is 9.57 Å². The molecular formula is C9H9NO3S. The zero-order valence-corrected chi connectivity index (χ0v) is 8.41. The number of oxime groups is 1. The molecule has 1 atom stereocenters. The number of hydrogen-bond acceptors (Lipinski definition) is 5. The van der Waals surface area contributed by atoms with Crippen LogP contribution in [0.5, 0.6) is 0 Å². The minimum Gasteiger partial charge on any atom is -0.423 e. The van der Waals surface area contributed by atoms with Crippen LogP contribution in [0.2, 0.25) is 0 Å². The molecule has 5 heteroatoms. The second-order valence-electron chi connectivity index (χ2n) is 2.90. The van der Waals surface area contributed by atoms with Crippen LogP contribution in [0, 0.1) is 0 Å². The monoisotopic (exact) mass is 211 g/mol. The van der Waals surface area contributed by atoms with Gasteiger partial charge in [0, 0.05) is 12.5 Å². The second kappa shape index (κ2) is 3.79. The molecule has 1 aliphatic rings. The van der Waals surface area contributed by atoms with E-state index in [2.05, 4.69) is 5.16 Å². The van der Waals surface area contributed by atoms with Gasteiger partial charge in [0.1, 0.15) is 0 Å². The Morgan fingerprint density at radius 3 is 3.29 bits per heavy atom. The Balaban J connectivity index is 1.97. The summed E-state index contributed by atoms with van der Waals surface area (Å²) in [4.78, 5) is 15.6. The predicted molar refractivity (Wildman–Crippen MR) is 52.1 cm³/mol. The van der Waals surface area contributed by atoms with E-state index in [1.54, 1.807) is 11.3 Å². The van der Waals surface area contributed by atoms with Crippen molar-refractivity contribution in [1.82, 2.24) is 0 Å². The largest absolute Gasteiger partial charge is 0.423 e.